The van der Waals surface area contributed by atoms with E-state index in [9.17, 15) is 10.1 Å². The molecule has 3 heterocycles. The third kappa shape index (κ3) is 3.70. The maximum absolute atomic E-state index is 12.4. The zero-order chi connectivity index (χ0) is 18.8. The van der Waals surface area contributed by atoms with Crippen LogP contribution in [0.25, 0.3) is 11.7 Å². The molecule has 2 aliphatic rings. The van der Waals surface area contributed by atoms with Gasteiger partial charge in [-0.25, -0.2) is 0 Å². The highest BCUT2D eigenvalue weighted by molar-refractivity contribution is 5.73. The number of nitrogens with zero attached hydrogens (tertiary/aromatic N) is 3. The zero-order valence-electron chi connectivity index (χ0n) is 15.4. The number of carbonyl (C=O) groups excluding carboxylic acids is 1. The van der Waals surface area contributed by atoms with Crippen LogP contribution >= 0.6 is 0 Å². The first-order valence-corrected chi connectivity index (χ1v) is 9.54. The van der Waals surface area contributed by atoms with Crippen molar-refractivity contribution in [2.24, 2.45) is 11.8 Å². The molecular weight excluding hydrogens is 346 g/mol. The third-order valence-corrected chi connectivity index (χ3v) is 5.49. The Bertz CT molecular complexity index is 828. The average molecular weight is 369 g/mol. The molecule has 1 saturated heterocycles. The van der Waals surface area contributed by atoms with E-state index in [1.165, 1.54) is 6.26 Å². The summed E-state index contributed by atoms with van der Waals surface area (Å²) in [7, 11) is 0. The normalized spacial score (nSPS) is 23.3. The molecule has 2 aromatic rings. The van der Waals surface area contributed by atoms with Crippen LogP contribution in [0.1, 0.15) is 44.7 Å². The Hall–Kier alpha value is -2.75. The van der Waals surface area contributed by atoms with Crippen molar-refractivity contribution in [1.82, 2.24) is 4.98 Å². The standard InChI is InChI=1S/C20H23N3O4/c1-13-4-5-15(11-13)26-20(24)14-6-8-23(9-7-14)19-16(12-21)22-18(27-19)17-3-2-10-25-17/h2-3,10,13-15H,4-9,11H2,1H3/t13-,15+/m1/s1. The SMILES string of the molecule is C[C@@H]1CC[C@H](OC(=O)C2CCN(c3oc(-c4ccco4)nc3C#N)CC2)C1. The Labute approximate surface area is 157 Å². The molecule has 142 valence electrons. The van der Waals surface area contributed by atoms with Crippen molar-refractivity contribution >= 4 is 11.9 Å². The summed E-state index contributed by atoms with van der Waals surface area (Å²) in [6, 6.07) is 5.56. The number of nitriles is 1. The van der Waals surface area contributed by atoms with Gasteiger partial charge in [0, 0.05) is 13.1 Å². The zero-order valence-corrected chi connectivity index (χ0v) is 15.4. The maximum Gasteiger partial charge on any atom is 0.309 e. The third-order valence-electron chi connectivity index (χ3n) is 5.49. The largest absolute Gasteiger partial charge is 0.462 e. The van der Waals surface area contributed by atoms with Gasteiger partial charge in [0.25, 0.3) is 5.89 Å². The summed E-state index contributed by atoms with van der Waals surface area (Å²) < 4.78 is 16.8. The summed E-state index contributed by atoms with van der Waals surface area (Å²) in [6.45, 7) is 3.46. The van der Waals surface area contributed by atoms with Crippen LogP contribution in [-0.4, -0.2) is 30.1 Å². The van der Waals surface area contributed by atoms with Crippen molar-refractivity contribution in [3.05, 3.63) is 24.1 Å². The number of aromatic nitrogens is 1. The van der Waals surface area contributed by atoms with Crippen molar-refractivity contribution in [3.8, 4) is 17.7 Å². The van der Waals surface area contributed by atoms with E-state index in [1.807, 2.05) is 4.90 Å². The molecule has 4 rings (SSSR count). The molecule has 2 aromatic heterocycles. The van der Waals surface area contributed by atoms with E-state index in [4.69, 9.17) is 13.6 Å². The van der Waals surface area contributed by atoms with Gasteiger partial charge in [-0.05, 0) is 50.2 Å². The Morgan fingerprint density at radius 3 is 2.78 bits per heavy atom. The number of carbonyl (C=O) groups is 1. The minimum Gasteiger partial charge on any atom is -0.462 e. The summed E-state index contributed by atoms with van der Waals surface area (Å²) in [5.41, 5.74) is 0.238. The minimum absolute atomic E-state index is 0.0805. The summed E-state index contributed by atoms with van der Waals surface area (Å²) >= 11 is 0. The lowest BCUT2D eigenvalue weighted by Crippen LogP contribution is -2.37. The van der Waals surface area contributed by atoms with Crippen molar-refractivity contribution in [2.45, 2.75) is 45.1 Å². The van der Waals surface area contributed by atoms with E-state index in [2.05, 4.69) is 18.0 Å². The maximum atomic E-state index is 12.4. The van der Waals surface area contributed by atoms with Crippen molar-refractivity contribution < 1.29 is 18.4 Å². The molecule has 2 atom stereocenters. The van der Waals surface area contributed by atoms with Gasteiger partial charge in [0.05, 0.1) is 12.2 Å². The minimum atomic E-state index is -0.0878. The quantitative estimate of drug-likeness (QED) is 0.758. The molecule has 0 spiro atoms. The van der Waals surface area contributed by atoms with Crippen LogP contribution in [0, 0.1) is 23.2 Å². The molecule has 7 heteroatoms. The first-order valence-electron chi connectivity index (χ1n) is 9.54. The van der Waals surface area contributed by atoms with Gasteiger partial charge in [0.15, 0.2) is 5.76 Å². The highest BCUT2D eigenvalue weighted by Gasteiger charge is 2.32. The summed E-state index contributed by atoms with van der Waals surface area (Å²) in [5, 5.41) is 9.38. The van der Waals surface area contributed by atoms with Crippen molar-refractivity contribution in [3.63, 3.8) is 0 Å². The Morgan fingerprint density at radius 2 is 2.15 bits per heavy atom. The molecule has 1 saturated carbocycles. The summed E-state index contributed by atoms with van der Waals surface area (Å²) in [6.07, 6.45) is 6.07. The lowest BCUT2D eigenvalue weighted by molar-refractivity contribution is -0.154. The molecule has 2 fully saturated rings. The lowest BCUT2D eigenvalue weighted by Gasteiger charge is -2.31. The van der Waals surface area contributed by atoms with Gasteiger partial charge in [-0.1, -0.05) is 6.92 Å². The first-order chi connectivity index (χ1) is 13.1. The van der Waals surface area contributed by atoms with Crippen LogP contribution < -0.4 is 4.90 Å². The number of piperidine rings is 1. The molecule has 0 bridgehead atoms. The van der Waals surface area contributed by atoms with Crippen LogP contribution in [0.4, 0.5) is 5.88 Å². The van der Waals surface area contributed by atoms with Crippen molar-refractivity contribution in [2.75, 3.05) is 18.0 Å². The van der Waals surface area contributed by atoms with E-state index in [1.54, 1.807) is 12.1 Å². The van der Waals surface area contributed by atoms with Crippen LogP contribution in [0.15, 0.2) is 27.2 Å². The highest BCUT2D eigenvalue weighted by atomic mass is 16.5. The first kappa shape index (κ1) is 17.7. The molecule has 27 heavy (non-hydrogen) atoms. The van der Waals surface area contributed by atoms with Gasteiger partial charge >= 0.3 is 5.97 Å². The predicted molar refractivity (Wildman–Crippen MR) is 96.8 cm³/mol. The van der Waals surface area contributed by atoms with Gasteiger partial charge in [-0.3, -0.25) is 4.79 Å². The summed E-state index contributed by atoms with van der Waals surface area (Å²) in [4.78, 5) is 18.6. The molecule has 0 aromatic carbocycles. The van der Waals surface area contributed by atoms with Crippen LogP contribution in [0.2, 0.25) is 0 Å². The fraction of sp³-hybridized carbons (Fsp3) is 0.550. The smallest absolute Gasteiger partial charge is 0.309 e. The number of oxazole rings is 1. The molecule has 1 aliphatic carbocycles. The Balaban J connectivity index is 1.38. The van der Waals surface area contributed by atoms with E-state index < -0.39 is 0 Å². The van der Waals surface area contributed by atoms with E-state index in [0.29, 0.717) is 49.4 Å². The molecular formula is C20H23N3O4. The topological polar surface area (TPSA) is 92.5 Å². The van der Waals surface area contributed by atoms with E-state index in [-0.39, 0.29) is 23.7 Å². The number of hydrogen-bond acceptors (Lipinski definition) is 7. The molecule has 0 N–H and O–H groups in total. The number of esters is 1. The van der Waals surface area contributed by atoms with E-state index in [0.717, 1.165) is 19.3 Å². The van der Waals surface area contributed by atoms with Gasteiger partial charge in [0.1, 0.15) is 12.2 Å². The van der Waals surface area contributed by atoms with Crippen LogP contribution in [-0.2, 0) is 9.53 Å². The molecule has 1 aliphatic heterocycles. The summed E-state index contributed by atoms with van der Waals surface area (Å²) in [5.74, 6) is 1.70. The molecule has 0 radical (unpaired) electrons. The van der Waals surface area contributed by atoms with Gasteiger partial charge < -0.3 is 18.5 Å². The highest BCUT2D eigenvalue weighted by Crippen LogP contribution is 2.32. The number of anilines is 1. The Morgan fingerprint density at radius 1 is 1.33 bits per heavy atom. The number of rotatable bonds is 4. The fourth-order valence-corrected chi connectivity index (χ4v) is 3.95. The average Bonchev–Trinajstić information content (AvgIpc) is 3.42. The van der Waals surface area contributed by atoms with Gasteiger partial charge in [-0.2, -0.15) is 10.2 Å². The fourth-order valence-electron chi connectivity index (χ4n) is 3.95. The van der Waals surface area contributed by atoms with Gasteiger partial charge in [0.2, 0.25) is 11.6 Å². The van der Waals surface area contributed by atoms with Crippen LogP contribution in [0.3, 0.4) is 0 Å². The number of furan rings is 1. The van der Waals surface area contributed by atoms with E-state index >= 15 is 0 Å². The molecule has 0 unspecified atom stereocenters. The molecule has 0 amide bonds. The second kappa shape index (κ2) is 7.47. The second-order valence-electron chi connectivity index (χ2n) is 7.50. The Kier molecular flexibility index (Phi) is 4.88. The second-order valence-corrected chi connectivity index (χ2v) is 7.50. The van der Waals surface area contributed by atoms with Crippen molar-refractivity contribution in [1.29, 1.82) is 5.26 Å². The number of hydrogen-bond donors (Lipinski definition) is 0. The lowest BCUT2D eigenvalue weighted by atomic mass is 9.97. The monoisotopic (exact) mass is 369 g/mol. The molecule has 7 nitrogen and oxygen atoms in total. The number of ether oxygens (including phenoxy) is 1. The van der Waals surface area contributed by atoms with Crippen LogP contribution in [0.5, 0.6) is 0 Å². The predicted octanol–water partition coefficient (Wildman–Crippen LogP) is 3.75. The van der Waals surface area contributed by atoms with Gasteiger partial charge in [-0.15, -0.1) is 0 Å².